The van der Waals surface area contributed by atoms with Gasteiger partial charge in [0.05, 0.1) is 0 Å². The van der Waals surface area contributed by atoms with Gasteiger partial charge in [0.25, 0.3) is 5.91 Å². The lowest BCUT2D eigenvalue weighted by Crippen LogP contribution is -2.30. The average molecular weight is 303 g/mol. The molecule has 0 radical (unpaired) electrons. The fourth-order valence-corrected chi connectivity index (χ4v) is 2.97. The van der Waals surface area contributed by atoms with Gasteiger partial charge >= 0.3 is 0 Å². The largest absolute Gasteiger partial charge is 0.355 e. The van der Waals surface area contributed by atoms with Gasteiger partial charge in [0, 0.05) is 24.2 Å². The van der Waals surface area contributed by atoms with E-state index in [0.717, 1.165) is 23.8 Å². The van der Waals surface area contributed by atoms with Crippen molar-refractivity contribution in [1.82, 2.24) is 15.2 Å². The third-order valence-corrected chi connectivity index (χ3v) is 4.23. The maximum absolute atomic E-state index is 12.1. The standard InChI is InChI=1S/C14H17N5OS/c1-10-9-15-14(21-10)16-13(20)11-5-6-12(18-17-11)19-7-3-2-4-8-19/h5-6,9H,2-4,7-8H2,1H3,(H,15,16,20). The first-order chi connectivity index (χ1) is 10.2. The van der Waals surface area contributed by atoms with Gasteiger partial charge in [0.1, 0.15) is 0 Å². The van der Waals surface area contributed by atoms with Crippen molar-refractivity contribution >= 4 is 28.2 Å². The molecule has 1 fully saturated rings. The molecule has 0 bridgehead atoms. The molecular weight excluding hydrogens is 286 g/mol. The number of carbonyl (C=O) groups excluding carboxylic acids is 1. The minimum absolute atomic E-state index is 0.276. The minimum atomic E-state index is -0.276. The van der Waals surface area contributed by atoms with Gasteiger partial charge in [-0.1, -0.05) is 0 Å². The van der Waals surface area contributed by atoms with E-state index in [4.69, 9.17) is 0 Å². The van der Waals surface area contributed by atoms with Crippen LogP contribution in [0.4, 0.5) is 10.9 Å². The monoisotopic (exact) mass is 303 g/mol. The fourth-order valence-electron chi connectivity index (χ4n) is 2.31. The minimum Gasteiger partial charge on any atom is -0.355 e. The normalized spacial score (nSPS) is 15.0. The lowest BCUT2D eigenvalue weighted by atomic mass is 10.1. The summed E-state index contributed by atoms with van der Waals surface area (Å²) in [6.07, 6.45) is 5.38. The number of anilines is 2. The Kier molecular flexibility index (Phi) is 4.10. The molecule has 3 rings (SSSR count). The van der Waals surface area contributed by atoms with E-state index >= 15 is 0 Å². The van der Waals surface area contributed by atoms with Gasteiger partial charge in [-0.05, 0) is 38.3 Å². The van der Waals surface area contributed by atoms with Crippen molar-refractivity contribution in [3.05, 3.63) is 28.9 Å². The van der Waals surface area contributed by atoms with E-state index in [9.17, 15) is 4.79 Å². The van der Waals surface area contributed by atoms with Crippen LogP contribution in [0.1, 0.15) is 34.6 Å². The summed E-state index contributed by atoms with van der Waals surface area (Å²) in [7, 11) is 0. The molecule has 1 saturated heterocycles. The lowest BCUT2D eigenvalue weighted by Gasteiger charge is -2.27. The molecule has 6 nitrogen and oxygen atoms in total. The predicted molar refractivity (Wildman–Crippen MR) is 82.9 cm³/mol. The van der Waals surface area contributed by atoms with Crippen molar-refractivity contribution < 1.29 is 4.79 Å². The zero-order valence-electron chi connectivity index (χ0n) is 11.9. The number of hydrogen-bond acceptors (Lipinski definition) is 6. The fraction of sp³-hybridized carbons (Fsp3) is 0.429. The molecule has 0 aromatic carbocycles. The molecule has 0 spiro atoms. The SMILES string of the molecule is Cc1cnc(NC(=O)c2ccc(N3CCCCC3)nn2)s1. The molecule has 1 aliphatic heterocycles. The molecule has 21 heavy (non-hydrogen) atoms. The van der Waals surface area contributed by atoms with Crippen LogP contribution in [0, 0.1) is 6.92 Å². The van der Waals surface area contributed by atoms with Crippen molar-refractivity contribution in [3.63, 3.8) is 0 Å². The van der Waals surface area contributed by atoms with E-state index in [1.165, 1.54) is 30.6 Å². The maximum Gasteiger partial charge on any atom is 0.277 e. The molecule has 1 N–H and O–H groups in total. The molecule has 0 saturated carbocycles. The van der Waals surface area contributed by atoms with Crippen molar-refractivity contribution in [2.45, 2.75) is 26.2 Å². The number of aryl methyl sites for hydroxylation is 1. The third kappa shape index (κ3) is 3.36. The van der Waals surface area contributed by atoms with E-state index in [2.05, 4.69) is 25.4 Å². The van der Waals surface area contributed by atoms with Crippen molar-refractivity contribution in [1.29, 1.82) is 0 Å². The van der Waals surface area contributed by atoms with E-state index < -0.39 is 0 Å². The summed E-state index contributed by atoms with van der Waals surface area (Å²) in [5, 5.41) is 11.5. The Morgan fingerprint density at radius 2 is 2.05 bits per heavy atom. The molecule has 0 atom stereocenters. The van der Waals surface area contributed by atoms with Crippen LogP contribution in [0.15, 0.2) is 18.3 Å². The summed E-state index contributed by atoms with van der Waals surface area (Å²) >= 11 is 1.44. The quantitative estimate of drug-likeness (QED) is 0.943. The second-order valence-electron chi connectivity index (χ2n) is 5.05. The Morgan fingerprint density at radius 3 is 2.67 bits per heavy atom. The van der Waals surface area contributed by atoms with Crippen molar-refractivity contribution in [2.24, 2.45) is 0 Å². The highest BCUT2D eigenvalue weighted by molar-refractivity contribution is 7.15. The second-order valence-corrected chi connectivity index (χ2v) is 6.29. The summed E-state index contributed by atoms with van der Waals surface area (Å²) in [6, 6.07) is 3.58. The summed E-state index contributed by atoms with van der Waals surface area (Å²) in [5.74, 6) is 0.568. The van der Waals surface area contributed by atoms with Crippen LogP contribution >= 0.6 is 11.3 Å². The third-order valence-electron chi connectivity index (χ3n) is 3.40. The zero-order chi connectivity index (χ0) is 14.7. The van der Waals surface area contributed by atoms with Gasteiger partial charge in [0.2, 0.25) is 0 Å². The van der Waals surface area contributed by atoms with Gasteiger partial charge in [-0.3, -0.25) is 10.1 Å². The van der Waals surface area contributed by atoms with E-state index in [1.54, 1.807) is 12.3 Å². The van der Waals surface area contributed by atoms with E-state index in [0.29, 0.717) is 10.8 Å². The van der Waals surface area contributed by atoms with E-state index in [1.807, 2.05) is 13.0 Å². The van der Waals surface area contributed by atoms with Crippen molar-refractivity contribution in [2.75, 3.05) is 23.3 Å². The Labute approximate surface area is 127 Å². The first-order valence-corrected chi connectivity index (χ1v) is 7.86. The number of rotatable bonds is 3. The number of piperidine rings is 1. The molecule has 2 aromatic rings. The van der Waals surface area contributed by atoms with Crippen LogP contribution in [0.3, 0.4) is 0 Å². The average Bonchev–Trinajstić information content (AvgIpc) is 2.93. The first kappa shape index (κ1) is 13.9. The second kappa shape index (κ2) is 6.17. The van der Waals surface area contributed by atoms with Gasteiger partial charge < -0.3 is 4.90 Å². The van der Waals surface area contributed by atoms with Gasteiger partial charge in [-0.2, -0.15) is 0 Å². The summed E-state index contributed by atoms with van der Waals surface area (Å²) in [6.45, 7) is 3.97. The highest BCUT2D eigenvalue weighted by Gasteiger charge is 2.15. The Morgan fingerprint density at radius 1 is 1.24 bits per heavy atom. The summed E-state index contributed by atoms with van der Waals surface area (Å²) < 4.78 is 0. The number of carbonyl (C=O) groups is 1. The molecule has 1 aliphatic rings. The molecule has 110 valence electrons. The smallest absolute Gasteiger partial charge is 0.277 e. The first-order valence-electron chi connectivity index (χ1n) is 7.05. The number of nitrogens with zero attached hydrogens (tertiary/aromatic N) is 4. The molecule has 3 heterocycles. The molecule has 2 aromatic heterocycles. The summed E-state index contributed by atoms with van der Waals surface area (Å²) in [5.41, 5.74) is 0.309. The number of thiazole rings is 1. The predicted octanol–water partition coefficient (Wildman–Crippen LogP) is 2.48. The van der Waals surface area contributed by atoms with Gasteiger partial charge in [-0.15, -0.1) is 21.5 Å². The molecule has 7 heteroatoms. The zero-order valence-corrected chi connectivity index (χ0v) is 12.7. The number of hydrogen-bond donors (Lipinski definition) is 1. The topological polar surface area (TPSA) is 71.0 Å². The van der Waals surface area contributed by atoms with E-state index in [-0.39, 0.29) is 5.91 Å². The van der Waals surface area contributed by atoms with Crippen LogP contribution in [0.5, 0.6) is 0 Å². The van der Waals surface area contributed by atoms with Crippen LogP contribution < -0.4 is 10.2 Å². The van der Waals surface area contributed by atoms with Crippen LogP contribution in [0.25, 0.3) is 0 Å². The molecule has 1 amide bonds. The van der Waals surface area contributed by atoms with Crippen LogP contribution in [-0.2, 0) is 0 Å². The van der Waals surface area contributed by atoms with Gasteiger partial charge in [-0.25, -0.2) is 4.98 Å². The number of nitrogens with one attached hydrogen (secondary N) is 1. The van der Waals surface area contributed by atoms with Crippen LogP contribution in [-0.4, -0.2) is 34.2 Å². The summed E-state index contributed by atoms with van der Waals surface area (Å²) in [4.78, 5) is 19.4. The van der Waals surface area contributed by atoms with Gasteiger partial charge in [0.15, 0.2) is 16.6 Å². The lowest BCUT2D eigenvalue weighted by molar-refractivity contribution is 0.102. The van der Waals surface area contributed by atoms with Crippen LogP contribution in [0.2, 0.25) is 0 Å². The molecule has 0 unspecified atom stereocenters. The number of aromatic nitrogens is 3. The molecular formula is C14H17N5OS. The molecule has 0 aliphatic carbocycles. The highest BCUT2D eigenvalue weighted by Crippen LogP contribution is 2.18. The Hall–Kier alpha value is -2.02. The Balaban J connectivity index is 1.67. The highest BCUT2D eigenvalue weighted by atomic mass is 32.1. The van der Waals surface area contributed by atoms with Crippen molar-refractivity contribution in [3.8, 4) is 0 Å². The Bertz CT molecular complexity index is 619. The number of amides is 1. The maximum atomic E-state index is 12.1.